The number of nitrogens with zero attached hydrogens (tertiary/aromatic N) is 4. The lowest BCUT2D eigenvalue weighted by molar-refractivity contribution is -0.153. The van der Waals surface area contributed by atoms with E-state index in [4.69, 9.17) is 24.3 Å². The monoisotopic (exact) mass is 574 g/mol. The minimum atomic E-state index is -4.36. The molecule has 0 amide bonds. The van der Waals surface area contributed by atoms with Gasteiger partial charge in [0, 0.05) is 0 Å². The number of nitrogen functional groups attached to an aromatic ring is 1. The van der Waals surface area contributed by atoms with Crippen LogP contribution in [0.4, 0.5) is 5.82 Å². The number of nitrogens with one attached hydrogen (secondary N) is 1. The van der Waals surface area contributed by atoms with Crippen LogP contribution in [-0.4, -0.2) is 67.3 Å². The third kappa shape index (κ3) is 5.66. The molecule has 1 aliphatic heterocycles. The Balaban J connectivity index is 1.60. The minimum Gasteiger partial charge on any atom is -0.462 e. The van der Waals surface area contributed by atoms with Crippen molar-refractivity contribution in [1.82, 2.24) is 19.7 Å². The number of aliphatic hydroxyl groups is 2. The van der Waals surface area contributed by atoms with Crippen molar-refractivity contribution in [1.29, 1.82) is 5.26 Å². The molecule has 0 spiro atoms. The number of nitriles is 1. The quantitative estimate of drug-likeness (QED) is 0.201. The summed E-state index contributed by atoms with van der Waals surface area (Å²) in [7, 11) is -4.36. The van der Waals surface area contributed by atoms with Gasteiger partial charge in [-0.15, -0.1) is 0 Å². The van der Waals surface area contributed by atoms with Gasteiger partial charge in [-0.2, -0.15) is 15.4 Å². The van der Waals surface area contributed by atoms with Gasteiger partial charge >= 0.3 is 13.7 Å². The van der Waals surface area contributed by atoms with Gasteiger partial charge in [-0.05, 0) is 52.0 Å². The van der Waals surface area contributed by atoms with Crippen molar-refractivity contribution in [2.24, 2.45) is 0 Å². The van der Waals surface area contributed by atoms with Crippen LogP contribution in [0, 0.1) is 11.3 Å². The summed E-state index contributed by atoms with van der Waals surface area (Å²) < 4.78 is 37.7. The molecule has 5 atom stereocenters. The average Bonchev–Trinajstić information content (AvgIpc) is 3.43. The Bertz CT molecular complexity index is 1460. The third-order valence-electron chi connectivity index (χ3n) is 6.13. The van der Waals surface area contributed by atoms with Gasteiger partial charge in [0.05, 0.1) is 18.4 Å². The highest BCUT2D eigenvalue weighted by atomic mass is 31.2. The van der Waals surface area contributed by atoms with Gasteiger partial charge in [-0.25, -0.2) is 14.1 Å². The zero-order valence-corrected chi connectivity index (χ0v) is 23.2. The second-order valence-corrected chi connectivity index (χ2v) is 11.6. The molecular weight excluding hydrogens is 543 g/mol. The van der Waals surface area contributed by atoms with Crippen LogP contribution in [0.25, 0.3) is 5.52 Å². The van der Waals surface area contributed by atoms with Gasteiger partial charge in [-0.3, -0.25) is 9.32 Å². The molecule has 1 aromatic carbocycles. The summed E-state index contributed by atoms with van der Waals surface area (Å²) in [5.41, 5.74) is 2.73. The zero-order valence-electron chi connectivity index (χ0n) is 22.3. The summed E-state index contributed by atoms with van der Waals surface area (Å²) in [6, 6.07) is 13.0. The van der Waals surface area contributed by atoms with E-state index in [0.717, 1.165) is 0 Å². The first-order valence-electron chi connectivity index (χ1n) is 12.4. The number of para-hydroxylation sites is 1. The van der Waals surface area contributed by atoms with Gasteiger partial charge in [-0.1, -0.05) is 18.2 Å². The second-order valence-electron chi connectivity index (χ2n) is 9.99. The normalized spacial score (nSPS) is 24.5. The maximum Gasteiger partial charge on any atom is 0.459 e. The summed E-state index contributed by atoms with van der Waals surface area (Å²) in [6.07, 6.45) is -4.00. The number of nitrogens with two attached hydrogens (primary N) is 1. The molecule has 0 aliphatic carbocycles. The molecule has 14 nitrogen and oxygen atoms in total. The van der Waals surface area contributed by atoms with Gasteiger partial charge in [0.2, 0.25) is 5.60 Å². The van der Waals surface area contributed by atoms with E-state index < -0.39 is 55.9 Å². The number of fused-ring (bicyclic) bond motifs is 1. The fourth-order valence-corrected chi connectivity index (χ4v) is 5.85. The number of hydrogen-bond acceptors (Lipinski definition) is 12. The van der Waals surface area contributed by atoms with Crippen LogP contribution in [0.15, 0.2) is 48.8 Å². The Morgan fingerprint density at radius 3 is 2.65 bits per heavy atom. The Morgan fingerprint density at radius 1 is 1.30 bits per heavy atom. The fourth-order valence-electron chi connectivity index (χ4n) is 4.17. The van der Waals surface area contributed by atoms with Gasteiger partial charge < -0.3 is 29.9 Å². The van der Waals surface area contributed by atoms with Crippen molar-refractivity contribution in [3.8, 4) is 11.8 Å². The molecule has 2 aromatic heterocycles. The number of aliphatic hydroxyl groups excluding tert-OH is 2. The number of rotatable bonds is 10. The zero-order chi connectivity index (χ0) is 29.3. The van der Waals surface area contributed by atoms with Crippen molar-refractivity contribution in [3.05, 3.63) is 54.5 Å². The Morgan fingerprint density at radius 2 is 2.00 bits per heavy atom. The van der Waals surface area contributed by atoms with Gasteiger partial charge in [0.25, 0.3) is 0 Å². The highest BCUT2D eigenvalue weighted by Gasteiger charge is 2.58. The Kier molecular flexibility index (Phi) is 8.18. The highest BCUT2D eigenvalue weighted by Crippen LogP contribution is 2.48. The van der Waals surface area contributed by atoms with E-state index in [1.165, 1.54) is 42.9 Å². The largest absolute Gasteiger partial charge is 0.462 e. The molecule has 0 radical (unpaired) electrons. The van der Waals surface area contributed by atoms with Crippen LogP contribution in [0.2, 0.25) is 0 Å². The molecule has 3 aromatic rings. The van der Waals surface area contributed by atoms with Crippen molar-refractivity contribution in [2.75, 3.05) is 12.3 Å². The maximum absolute atomic E-state index is 13.9. The second kappa shape index (κ2) is 11.1. The molecule has 1 fully saturated rings. The fraction of sp³-hybridized carbons (Fsp3) is 0.440. The number of anilines is 1. The number of benzene rings is 1. The van der Waals surface area contributed by atoms with E-state index in [2.05, 4.69) is 15.2 Å². The van der Waals surface area contributed by atoms with Crippen LogP contribution in [0.3, 0.4) is 0 Å². The van der Waals surface area contributed by atoms with Gasteiger partial charge in [0.1, 0.15) is 47.5 Å². The van der Waals surface area contributed by atoms with Crippen LogP contribution >= 0.6 is 7.75 Å². The van der Waals surface area contributed by atoms with Gasteiger partial charge in [0.15, 0.2) is 5.82 Å². The Labute approximate surface area is 230 Å². The lowest BCUT2D eigenvalue weighted by Crippen LogP contribution is -2.48. The number of carbonyl (C=O) groups excluding carboxylic acids is 1. The van der Waals surface area contributed by atoms with E-state index in [-0.39, 0.29) is 17.3 Å². The van der Waals surface area contributed by atoms with E-state index in [9.17, 15) is 24.8 Å². The van der Waals surface area contributed by atoms with E-state index in [0.29, 0.717) is 5.52 Å². The molecule has 3 heterocycles. The Hall–Kier alpha value is -3.57. The van der Waals surface area contributed by atoms with Crippen LogP contribution < -0.4 is 15.3 Å². The molecule has 2 unspecified atom stereocenters. The lowest BCUT2D eigenvalue weighted by Gasteiger charge is -2.30. The van der Waals surface area contributed by atoms with E-state index in [1.807, 2.05) is 6.07 Å². The number of hydrogen-bond donors (Lipinski definition) is 4. The van der Waals surface area contributed by atoms with Crippen molar-refractivity contribution in [2.45, 2.75) is 63.3 Å². The predicted molar refractivity (Wildman–Crippen MR) is 141 cm³/mol. The summed E-state index contributed by atoms with van der Waals surface area (Å²) in [4.78, 5) is 16.6. The lowest BCUT2D eigenvalue weighted by atomic mass is 9.92. The molecule has 214 valence electrons. The van der Waals surface area contributed by atoms with Crippen LogP contribution in [-0.2, 0) is 29.0 Å². The molecule has 5 N–H and O–H groups in total. The summed E-state index contributed by atoms with van der Waals surface area (Å²) >= 11 is 0. The molecule has 4 rings (SSSR count). The van der Waals surface area contributed by atoms with Crippen molar-refractivity contribution >= 4 is 25.1 Å². The molecular formula is C25H31N6O8P. The number of esters is 1. The average molecular weight is 575 g/mol. The number of aromatic nitrogens is 3. The SMILES string of the molecule is CC(C)OC(=O)C(C)(C)NP(=O)(OC[C@H]1OC(C#N)(c2ccc3c(N)ncnn23)[C@H](O)[C@@H]1O)Oc1ccccc1. The predicted octanol–water partition coefficient (Wildman–Crippen LogP) is 1.67. The minimum absolute atomic E-state index is 0.0903. The maximum atomic E-state index is 13.9. The molecule has 0 bridgehead atoms. The number of ether oxygens (including phenoxy) is 2. The molecule has 1 saturated heterocycles. The van der Waals surface area contributed by atoms with Crippen LogP contribution in [0.5, 0.6) is 5.75 Å². The number of carbonyl (C=O) groups is 1. The first-order chi connectivity index (χ1) is 18.8. The summed E-state index contributed by atoms with van der Waals surface area (Å²) in [6.45, 7) is 5.63. The summed E-state index contributed by atoms with van der Waals surface area (Å²) in [5.74, 6) is -0.408. The highest BCUT2D eigenvalue weighted by molar-refractivity contribution is 7.52. The topological polar surface area (TPSA) is 204 Å². The van der Waals surface area contributed by atoms with Crippen molar-refractivity contribution < 1.29 is 38.1 Å². The first-order valence-corrected chi connectivity index (χ1v) is 13.9. The summed E-state index contributed by atoms with van der Waals surface area (Å²) in [5, 5.41) is 38.6. The smallest absolute Gasteiger partial charge is 0.459 e. The van der Waals surface area contributed by atoms with Crippen LogP contribution in [0.1, 0.15) is 33.4 Å². The van der Waals surface area contributed by atoms with Crippen molar-refractivity contribution in [3.63, 3.8) is 0 Å². The molecule has 0 saturated carbocycles. The molecule has 1 aliphatic rings. The van der Waals surface area contributed by atoms with E-state index in [1.54, 1.807) is 38.1 Å². The molecule has 15 heteroatoms. The molecule has 40 heavy (non-hydrogen) atoms. The third-order valence-corrected chi connectivity index (χ3v) is 7.91. The standard InChI is InChI=1S/C25H31N6O8P/c1-15(2)37-23(34)24(3,4)30-40(35,39-16-8-6-5-7-9-16)36-12-18-20(32)21(33)25(13-26,38-18)19-11-10-17-22(27)28-14-29-31(17)19/h5-11,14-15,18,20-21,32-33H,12H2,1-4H3,(H,30,35)(H2,27,28,29)/t18-,20-,21-,25?,40?/m1/s1. The van der Waals surface area contributed by atoms with E-state index >= 15 is 0 Å². The first kappa shape index (κ1) is 29.4.